The molecule has 0 amide bonds. The number of rotatable bonds is 6. The van der Waals surface area contributed by atoms with Crippen LogP contribution in [-0.4, -0.2) is 49.4 Å². The molecule has 0 radical (unpaired) electrons. The fraction of sp³-hybridized carbons (Fsp3) is 0.500. The van der Waals surface area contributed by atoms with E-state index in [0.717, 1.165) is 11.3 Å². The van der Waals surface area contributed by atoms with Gasteiger partial charge in [-0.3, -0.25) is 4.90 Å². The Morgan fingerprint density at radius 3 is 2.68 bits per heavy atom. The van der Waals surface area contributed by atoms with Gasteiger partial charge in [0, 0.05) is 13.1 Å². The summed E-state index contributed by atoms with van der Waals surface area (Å²) in [6, 6.07) is 7.66. The van der Waals surface area contributed by atoms with Gasteiger partial charge in [0.05, 0.1) is 14.2 Å². The Hall–Kier alpha value is -1.59. The third kappa shape index (κ3) is 4.54. The lowest BCUT2D eigenvalue weighted by atomic mass is 10.1. The first-order valence-electron chi connectivity index (χ1n) is 6.01. The van der Waals surface area contributed by atoms with E-state index in [1.165, 1.54) is 14.0 Å². The number of methoxy groups -OCH3 is 2. The van der Waals surface area contributed by atoms with Gasteiger partial charge in [0.1, 0.15) is 5.75 Å². The largest absolute Gasteiger partial charge is 0.497 e. The highest BCUT2D eigenvalue weighted by molar-refractivity contribution is 5.78. The second-order valence-electron chi connectivity index (χ2n) is 4.79. The lowest BCUT2D eigenvalue weighted by Crippen LogP contribution is -2.46. The fourth-order valence-electron chi connectivity index (χ4n) is 1.95. The number of hydrogen-bond acceptors (Lipinski definition) is 5. The maximum Gasteiger partial charge on any atom is 0.338 e. The van der Waals surface area contributed by atoms with E-state index in [9.17, 15) is 9.90 Å². The quantitative estimate of drug-likeness (QED) is 0.781. The van der Waals surface area contributed by atoms with Gasteiger partial charge in [-0.05, 0) is 31.7 Å². The van der Waals surface area contributed by atoms with Crippen LogP contribution in [0, 0.1) is 0 Å². The summed E-state index contributed by atoms with van der Waals surface area (Å²) >= 11 is 0. The number of benzene rings is 1. The smallest absolute Gasteiger partial charge is 0.338 e. The number of nitrogens with zero attached hydrogens (tertiary/aromatic N) is 1. The predicted molar refractivity (Wildman–Crippen MR) is 72.0 cm³/mol. The van der Waals surface area contributed by atoms with Gasteiger partial charge in [0.25, 0.3) is 0 Å². The minimum Gasteiger partial charge on any atom is -0.497 e. The van der Waals surface area contributed by atoms with Crippen molar-refractivity contribution in [3.05, 3.63) is 29.8 Å². The van der Waals surface area contributed by atoms with Crippen molar-refractivity contribution in [2.45, 2.75) is 19.1 Å². The molecule has 0 aliphatic rings. The van der Waals surface area contributed by atoms with E-state index in [1.54, 1.807) is 7.11 Å². The van der Waals surface area contributed by atoms with Crippen molar-refractivity contribution in [2.24, 2.45) is 0 Å². The van der Waals surface area contributed by atoms with E-state index in [1.807, 2.05) is 36.2 Å². The summed E-state index contributed by atoms with van der Waals surface area (Å²) in [5.74, 6) is 0.149. The van der Waals surface area contributed by atoms with Crippen molar-refractivity contribution < 1.29 is 19.4 Å². The van der Waals surface area contributed by atoms with Gasteiger partial charge < -0.3 is 14.6 Å². The standard InChI is InChI=1S/C14H21NO4/c1-14(17,13(16)19-4)10-15(2)9-11-6-5-7-12(8-11)18-3/h5-8,17H,9-10H2,1-4H3. The van der Waals surface area contributed by atoms with Gasteiger partial charge in [0.2, 0.25) is 0 Å². The summed E-state index contributed by atoms with van der Waals surface area (Å²) in [5, 5.41) is 9.99. The van der Waals surface area contributed by atoms with Gasteiger partial charge in [-0.2, -0.15) is 0 Å². The van der Waals surface area contributed by atoms with E-state index in [-0.39, 0.29) is 6.54 Å². The van der Waals surface area contributed by atoms with Crippen LogP contribution in [0.25, 0.3) is 0 Å². The number of likely N-dealkylation sites (N-methyl/N-ethyl adjacent to an activating group) is 1. The van der Waals surface area contributed by atoms with Gasteiger partial charge >= 0.3 is 5.97 Å². The summed E-state index contributed by atoms with van der Waals surface area (Å²) in [6.07, 6.45) is 0. The van der Waals surface area contributed by atoms with E-state index >= 15 is 0 Å². The van der Waals surface area contributed by atoms with Crippen molar-refractivity contribution in [1.82, 2.24) is 4.90 Å². The summed E-state index contributed by atoms with van der Waals surface area (Å²) in [6.45, 7) is 2.24. The van der Waals surface area contributed by atoms with Crippen LogP contribution < -0.4 is 4.74 Å². The number of aliphatic hydroxyl groups is 1. The second kappa shape index (κ2) is 6.54. The van der Waals surface area contributed by atoms with Crippen LogP contribution >= 0.6 is 0 Å². The van der Waals surface area contributed by atoms with Crippen molar-refractivity contribution in [3.63, 3.8) is 0 Å². The number of ether oxygens (including phenoxy) is 2. The average molecular weight is 267 g/mol. The third-order valence-corrected chi connectivity index (χ3v) is 2.79. The maximum absolute atomic E-state index is 11.4. The van der Waals surface area contributed by atoms with Crippen LogP contribution in [0.4, 0.5) is 0 Å². The average Bonchev–Trinajstić information content (AvgIpc) is 2.37. The molecule has 1 aromatic rings. The van der Waals surface area contributed by atoms with Crippen LogP contribution in [0.5, 0.6) is 5.75 Å². The van der Waals surface area contributed by atoms with Crippen molar-refractivity contribution >= 4 is 5.97 Å². The Balaban J connectivity index is 2.64. The summed E-state index contributed by atoms with van der Waals surface area (Å²) in [4.78, 5) is 13.3. The molecule has 0 saturated carbocycles. The Labute approximate surface area is 113 Å². The molecule has 1 rings (SSSR count). The van der Waals surface area contributed by atoms with Crippen LogP contribution in [0.3, 0.4) is 0 Å². The Bertz CT molecular complexity index is 431. The van der Waals surface area contributed by atoms with Gasteiger partial charge in [-0.1, -0.05) is 12.1 Å². The molecule has 0 aliphatic carbocycles. The maximum atomic E-state index is 11.4. The van der Waals surface area contributed by atoms with Crippen LogP contribution in [0.2, 0.25) is 0 Å². The minimum absolute atomic E-state index is 0.191. The summed E-state index contributed by atoms with van der Waals surface area (Å²) < 4.78 is 9.72. The van der Waals surface area contributed by atoms with E-state index in [2.05, 4.69) is 4.74 Å². The highest BCUT2D eigenvalue weighted by atomic mass is 16.5. The Morgan fingerprint density at radius 2 is 2.11 bits per heavy atom. The zero-order chi connectivity index (χ0) is 14.5. The van der Waals surface area contributed by atoms with E-state index in [4.69, 9.17) is 4.74 Å². The molecule has 5 nitrogen and oxygen atoms in total. The molecule has 5 heteroatoms. The second-order valence-corrected chi connectivity index (χ2v) is 4.79. The highest BCUT2D eigenvalue weighted by Gasteiger charge is 2.32. The molecule has 0 fully saturated rings. The van der Waals surface area contributed by atoms with E-state index in [0.29, 0.717) is 6.54 Å². The Morgan fingerprint density at radius 1 is 1.42 bits per heavy atom. The molecule has 0 spiro atoms. The van der Waals surface area contributed by atoms with Crippen LogP contribution in [0.15, 0.2) is 24.3 Å². The molecule has 19 heavy (non-hydrogen) atoms. The monoisotopic (exact) mass is 267 g/mol. The van der Waals surface area contributed by atoms with Crippen molar-refractivity contribution in [3.8, 4) is 5.75 Å². The first-order chi connectivity index (χ1) is 8.89. The Kier molecular flexibility index (Phi) is 5.32. The molecule has 1 unspecified atom stereocenters. The topological polar surface area (TPSA) is 59.0 Å². The summed E-state index contributed by atoms with van der Waals surface area (Å²) in [5.41, 5.74) is -0.468. The predicted octanol–water partition coefficient (Wildman–Crippen LogP) is 1.05. The molecule has 1 N–H and O–H groups in total. The van der Waals surface area contributed by atoms with Crippen molar-refractivity contribution in [1.29, 1.82) is 0 Å². The van der Waals surface area contributed by atoms with E-state index < -0.39 is 11.6 Å². The first-order valence-corrected chi connectivity index (χ1v) is 6.01. The molecule has 0 bridgehead atoms. The molecular formula is C14H21NO4. The molecule has 106 valence electrons. The fourth-order valence-corrected chi connectivity index (χ4v) is 1.95. The molecule has 1 atom stereocenters. The zero-order valence-electron chi connectivity index (χ0n) is 11.8. The molecule has 0 aromatic heterocycles. The van der Waals surface area contributed by atoms with Crippen LogP contribution in [0.1, 0.15) is 12.5 Å². The number of carbonyl (C=O) groups excluding carboxylic acids is 1. The molecule has 1 aromatic carbocycles. The molecule has 0 saturated heterocycles. The normalized spacial score (nSPS) is 14.0. The molecule has 0 aliphatic heterocycles. The van der Waals surface area contributed by atoms with Crippen LogP contribution in [-0.2, 0) is 16.1 Å². The number of esters is 1. The number of carbonyl (C=O) groups is 1. The lowest BCUT2D eigenvalue weighted by Gasteiger charge is -2.26. The number of hydrogen-bond donors (Lipinski definition) is 1. The SMILES string of the molecule is COC(=O)C(C)(O)CN(C)Cc1cccc(OC)c1. The first kappa shape index (κ1) is 15.5. The molecular weight excluding hydrogens is 246 g/mol. The van der Waals surface area contributed by atoms with Crippen molar-refractivity contribution in [2.75, 3.05) is 27.8 Å². The summed E-state index contributed by atoms with van der Waals surface area (Å²) in [7, 11) is 4.71. The van der Waals surface area contributed by atoms with Gasteiger partial charge in [-0.15, -0.1) is 0 Å². The molecule has 0 heterocycles. The lowest BCUT2D eigenvalue weighted by molar-refractivity contribution is -0.162. The third-order valence-electron chi connectivity index (χ3n) is 2.79. The van der Waals surface area contributed by atoms with Gasteiger partial charge in [-0.25, -0.2) is 4.79 Å². The van der Waals surface area contributed by atoms with Gasteiger partial charge in [0.15, 0.2) is 5.60 Å². The zero-order valence-corrected chi connectivity index (χ0v) is 11.8. The minimum atomic E-state index is -1.51. The highest BCUT2D eigenvalue weighted by Crippen LogP contribution is 2.15.